The SMILES string of the molecule is O=c1[nH]cccc1O.O=c1c(O)c[nH]c2ccccc12.O=c1cc[nH]cc1O.Oc1cc2cccnc2cc1O. The van der Waals surface area contributed by atoms with Crippen LogP contribution in [0.5, 0.6) is 28.7 Å². The monoisotopic (exact) mass is 544 g/mol. The fourth-order valence-electron chi connectivity index (χ4n) is 3.07. The standard InChI is InChI=1S/2C9H7NO2.2C5H5NO2/c11-8-4-6-2-1-3-10-7(6)5-9(8)12;11-8-5-10-7-4-2-1-3-6(7)9(8)12;7-4-1-2-6-3-5(4)8;7-4-2-1-3-6-5(4)8/h1-5,11-12H;1-5,11H,(H,10,12);1-3,8H,(H,6,7);1-3,7H,(H,6,8). The summed E-state index contributed by atoms with van der Waals surface area (Å²) in [6.45, 7) is 0. The van der Waals surface area contributed by atoms with Gasteiger partial charge in [-0.3, -0.25) is 19.4 Å². The molecule has 4 heterocycles. The summed E-state index contributed by atoms with van der Waals surface area (Å²) in [5.74, 6) is -0.981. The number of phenolic OH excluding ortho intramolecular Hbond substituents is 2. The van der Waals surface area contributed by atoms with Crippen molar-refractivity contribution in [2.24, 2.45) is 0 Å². The van der Waals surface area contributed by atoms with E-state index >= 15 is 0 Å². The molecule has 6 rings (SSSR count). The van der Waals surface area contributed by atoms with Gasteiger partial charge in [-0.15, -0.1) is 0 Å². The Morgan fingerprint density at radius 3 is 2.02 bits per heavy atom. The average molecular weight is 545 g/mol. The molecule has 0 aliphatic heterocycles. The number of para-hydroxylation sites is 1. The van der Waals surface area contributed by atoms with Gasteiger partial charge in [-0.1, -0.05) is 18.2 Å². The van der Waals surface area contributed by atoms with Gasteiger partial charge in [0.2, 0.25) is 10.9 Å². The lowest BCUT2D eigenvalue weighted by Crippen LogP contribution is -2.01. The molecule has 0 spiro atoms. The van der Waals surface area contributed by atoms with Gasteiger partial charge < -0.3 is 40.5 Å². The van der Waals surface area contributed by atoms with E-state index in [-0.39, 0.29) is 39.6 Å². The first-order valence-electron chi connectivity index (χ1n) is 11.5. The summed E-state index contributed by atoms with van der Waals surface area (Å²) in [6, 6.07) is 17.7. The largest absolute Gasteiger partial charge is 0.504 e. The van der Waals surface area contributed by atoms with Crippen molar-refractivity contribution in [1.82, 2.24) is 19.9 Å². The van der Waals surface area contributed by atoms with Crippen LogP contribution < -0.4 is 16.4 Å². The Morgan fingerprint density at radius 1 is 0.625 bits per heavy atom. The van der Waals surface area contributed by atoms with Crippen LogP contribution in [-0.2, 0) is 0 Å². The van der Waals surface area contributed by atoms with Gasteiger partial charge in [0, 0.05) is 59.4 Å². The first kappa shape index (κ1) is 28.5. The molecule has 0 saturated heterocycles. The predicted molar refractivity (Wildman–Crippen MR) is 149 cm³/mol. The number of aromatic amines is 3. The van der Waals surface area contributed by atoms with Crippen molar-refractivity contribution >= 4 is 21.8 Å². The van der Waals surface area contributed by atoms with Crippen molar-refractivity contribution in [3.8, 4) is 28.7 Å². The van der Waals surface area contributed by atoms with Crippen LogP contribution >= 0.6 is 0 Å². The number of nitrogens with zero attached hydrogens (tertiary/aromatic N) is 1. The zero-order chi connectivity index (χ0) is 29.1. The third kappa shape index (κ3) is 7.73. The lowest BCUT2D eigenvalue weighted by molar-refractivity contribution is 0.405. The van der Waals surface area contributed by atoms with Crippen LogP contribution in [0.25, 0.3) is 21.8 Å². The maximum absolute atomic E-state index is 11.3. The van der Waals surface area contributed by atoms with E-state index in [0.717, 1.165) is 10.9 Å². The highest BCUT2D eigenvalue weighted by molar-refractivity contribution is 5.82. The van der Waals surface area contributed by atoms with Gasteiger partial charge in [0.15, 0.2) is 28.7 Å². The number of pyridine rings is 4. The molecule has 40 heavy (non-hydrogen) atoms. The summed E-state index contributed by atoms with van der Waals surface area (Å²) in [7, 11) is 0. The summed E-state index contributed by atoms with van der Waals surface area (Å²) in [4.78, 5) is 43.6. The van der Waals surface area contributed by atoms with Gasteiger partial charge in [-0.25, -0.2) is 0 Å². The topological polar surface area (TPSA) is 213 Å². The first-order valence-corrected chi connectivity index (χ1v) is 11.5. The Bertz CT molecular complexity index is 1800. The average Bonchev–Trinajstić information content (AvgIpc) is 2.96. The number of benzene rings is 2. The molecule has 0 aliphatic carbocycles. The van der Waals surface area contributed by atoms with Crippen molar-refractivity contribution in [3.63, 3.8) is 0 Å². The van der Waals surface area contributed by atoms with E-state index in [1.54, 1.807) is 36.5 Å². The minimum Gasteiger partial charge on any atom is -0.504 e. The van der Waals surface area contributed by atoms with Crippen LogP contribution in [0, 0.1) is 0 Å². The lowest BCUT2D eigenvalue weighted by Gasteiger charge is -1.99. The number of hydrogen-bond acceptors (Lipinski definition) is 9. The number of rotatable bonds is 0. The molecule has 0 radical (unpaired) electrons. The van der Waals surface area contributed by atoms with E-state index in [0.29, 0.717) is 10.9 Å². The summed E-state index contributed by atoms with van der Waals surface area (Å²) in [5.41, 5.74) is 0.272. The van der Waals surface area contributed by atoms with E-state index in [2.05, 4.69) is 19.9 Å². The number of aromatic nitrogens is 4. The zero-order valence-electron chi connectivity index (χ0n) is 20.6. The third-order valence-corrected chi connectivity index (χ3v) is 5.07. The molecule has 0 bridgehead atoms. The van der Waals surface area contributed by atoms with Gasteiger partial charge in [-0.05, 0) is 36.4 Å². The normalized spacial score (nSPS) is 9.80. The summed E-state index contributed by atoms with van der Waals surface area (Å²) < 4.78 is 0. The van der Waals surface area contributed by atoms with Gasteiger partial charge in [0.25, 0.3) is 5.56 Å². The third-order valence-electron chi connectivity index (χ3n) is 5.07. The van der Waals surface area contributed by atoms with Crippen molar-refractivity contribution in [1.29, 1.82) is 0 Å². The van der Waals surface area contributed by atoms with Crippen molar-refractivity contribution in [2.45, 2.75) is 0 Å². The smallest absolute Gasteiger partial charge is 0.290 e. The van der Waals surface area contributed by atoms with Crippen molar-refractivity contribution in [2.75, 3.05) is 0 Å². The molecule has 4 aromatic heterocycles. The van der Waals surface area contributed by atoms with Gasteiger partial charge in [0.05, 0.1) is 5.52 Å². The summed E-state index contributed by atoms with van der Waals surface area (Å²) in [6.07, 6.45) is 7.09. The quantitative estimate of drug-likeness (QED) is 0.132. The first-order chi connectivity index (χ1) is 19.2. The number of aromatic hydroxyl groups is 5. The highest BCUT2D eigenvalue weighted by Gasteiger charge is 2.01. The Balaban J connectivity index is 0.000000150. The highest BCUT2D eigenvalue weighted by Crippen LogP contribution is 2.28. The molecular weight excluding hydrogens is 520 g/mol. The minimum absolute atomic E-state index is 0.115. The molecule has 0 saturated carbocycles. The Morgan fingerprint density at radius 2 is 1.38 bits per heavy atom. The fourth-order valence-corrected chi connectivity index (χ4v) is 3.07. The predicted octanol–water partition coefficient (Wildman–Crippen LogP) is 3.04. The summed E-state index contributed by atoms with van der Waals surface area (Å²) in [5, 5.41) is 45.8. The molecule has 8 N–H and O–H groups in total. The van der Waals surface area contributed by atoms with E-state index in [4.69, 9.17) is 25.5 Å². The fraction of sp³-hybridized carbons (Fsp3) is 0. The van der Waals surface area contributed by atoms with Crippen LogP contribution in [0.4, 0.5) is 0 Å². The van der Waals surface area contributed by atoms with Crippen LogP contribution in [0.3, 0.4) is 0 Å². The molecule has 0 aliphatic rings. The van der Waals surface area contributed by atoms with Crippen LogP contribution in [0.1, 0.15) is 0 Å². The Kier molecular flexibility index (Phi) is 9.62. The molecule has 0 atom stereocenters. The van der Waals surface area contributed by atoms with E-state index in [9.17, 15) is 14.4 Å². The van der Waals surface area contributed by atoms with E-state index in [1.165, 1.54) is 49.1 Å². The molecule has 204 valence electrons. The molecule has 2 aromatic carbocycles. The second-order valence-corrected chi connectivity index (χ2v) is 7.86. The highest BCUT2D eigenvalue weighted by atomic mass is 16.3. The maximum Gasteiger partial charge on any atom is 0.290 e. The number of hydrogen-bond donors (Lipinski definition) is 8. The molecule has 0 fully saturated rings. The van der Waals surface area contributed by atoms with Gasteiger partial charge >= 0.3 is 0 Å². The number of phenols is 2. The van der Waals surface area contributed by atoms with Crippen LogP contribution in [-0.4, -0.2) is 45.5 Å². The van der Waals surface area contributed by atoms with Crippen molar-refractivity contribution in [3.05, 3.63) is 129 Å². The number of nitrogens with one attached hydrogen (secondary N) is 3. The van der Waals surface area contributed by atoms with Gasteiger partial charge in [-0.2, -0.15) is 0 Å². The lowest BCUT2D eigenvalue weighted by atomic mass is 10.2. The van der Waals surface area contributed by atoms with Crippen LogP contribution in [0.2, 0.25) is 0 Å². The Labute approximate surface area is 224 Å². The maximum atomic E-state index is 11.3. The molecule has 6 aromatic rings. The second-order valence-electron chi connectivity index (χ2n) is 7.86. The summed E-state index contributed by atoms with van der Waals surface area (Å²) >= 11 is 0. The molecule has 0 unspecified atom stereocenters. The Hall–Kier alpha value is -6.04. The number of H-pyrrole nitrogens is 3. The zero-order valence-corrected chi connectivity index (χ0v) is 20.6. The van der Waals surface area contributed by atoms with E-state index < -0.39 is 5.56 Å². The molecule has 12 nitrogen and oxygen atoms in total. The molecule has 0 amide bonds. The molecule has 12 heteroatoms. The molecular formula is C28H24N4O8. The van der Waals surface area contributed by atoms with Crippen molar-refractivity contribution < 1.29 is 25.5 Å². The second kappa shape index (κ2) is 13.5. The van der Waals surface area contributed by atoms with E-state index in [1.807, 2.05) is 12.1 Å². The van der Waals surface area contributed by atoms with Crippen LogP contribution in [0.15, 0.2) is 112 Å². The number of fused-ring (bicyclic) bond motifs is 2. The van der Waals surface area contributed by atoms with Gasteiger partial charge in [0.1, 0.15) is 0 Å². The minimum atomic E-state index is -0.451.